The molecular formula is C16H30N2O. The van der Waals surface area contributed by atoms with E-state index in [-0.39, 0.29) is 11.3 Å². The van der Waals surface area contributed by atoms with E-state index in [1.165, 1.54) is 25.7 Å². The molecule has 2 aliphatic rings. The van der Waals surface area contributed by atoms with Crippen molar-refractivity contribution in [2.75, 3.05) is 26.2 Å². The number of likely N-dealkylation sites (tertiary alicyclic amines) is 1. The largest absolute Gasteiger partial charge is 0.342 e. The van der Waals surface area contributed by atoms with Crippen LogP contribution in [0.15, 0.2) is 0 Å². The number of nitrogens with zero attached hydrogens (tertiary/aromatic N) is 1. The van der Waals surface area contributed by atoms with Crippen LogP contribution in [0.3, 0.4) is 0 Å². The fraction of sp³-hybridized carbons (Fsp3) is 0.938. The van der Waals surface area contributed by atoms with Crippen molar-refractivity contribution in [3.05, 3.63) is 0 Å². The van der Waals surface area contributed by atoms with Gasteiger partial charge in [-0.25, -0.2) is 0 Å². The molecule has 0 radical (unpaired) electrons. The Labute approximate surface area is 118 Å². The van der Waals surface area contributed by atoms with E-state index in [0.717, 1.165) is 26.2 Å². The van der Waals surface area contributed by atoms with Crippen molar-refractivity contribution in [2.45, 2.75) is 53.4 Å². The lowest BCUT2D eigenvalue weighted by Gasteiger charge is -2.45. The fourth-order valence-electron chi connectivity index (χ4n) is 3.30. The molecule has 3 heteroatoms. The highest BCUT2D eigenvalue weighted by molar-refractivity contribution is 5.79. The van der Waals surface area contributed by atoms with Crippen LogP contribution < -0.4 is 5.32 Å². The van der Waals surface area contributed by atoms with Gasteiger partial charge in [-0.3, -0.25) is 4.79 Å². The maximum atomic E-state index is 12.5. The first kappa shape index (κ1) is 14.8. The smallest absolute Gasteiger partial charge is 0.225 e. The third-order valence-electron chi connectivity index (χ3n) is 5.47. The summed E-state index contributed by atoms with van der Waals surface area (Å²) in [4.78, 5) is 14.6. The minimum absolute atomic E-state index is 0.0704. The molecule has 0 aromatic carbocycles. The minimum atomic E-state index is 0.0704. The molecule has 2 rings (SSSR count). The van der Waals surface area contributed by atoms with Gasteiger partial charge in [-0.2, -0.15) is 0 Å². The highest BCUT2D eigenvalue weighted by Gasteiger charge is 2.38. The van der Waals surface area contributed by atoms with Gasteiger partial charge in [0.15, 0.2) is 0 Å². The molecule has 1 N–H and O–H groups in total. The van der Waals surface area contributed by atoms with Crippen molar-refractivity contribution in [3.63, 3.8) is 0 Å². The molecule has 0 bridgehead atoms. The summed E-state index contributed by atoms with van der Waals surface area (Å²) in [6.07, 6.45) is 5.00. The van der Waals surface area contributed by atoms with Crippen LogP contribution in [-0.4, -0.2) is 37.0 Å². The number of hydrogen-bond donors (Lipinski definition) is 1. The fourth-order valence-corrected chi connectivity index (χ4v) is 3.30. The molecule has 1 atom stereocenters. The van der Waals surface area contributed by atoms with Gasteiger partial charge in [0.05, 0.1) is 0 Å². The van der Waals surface area contributed by atoms with Crippen LogP contribution in [0.1, 0.15) is 53.4 Å². The predicted octanol–water partition coefficient (Wildman–Crippen LogP) is 2.66. The quantitative estimate of drug-likeness (QED) is 0.791. The maximum Gasteiger partial charge on any atom is 0.225 e. The van der Waals surface area contributed by atoms with E-state index in [9.17, 15) is 4.79 Å². The highest BCUT2D eigenvalue weighted by atomic mass is 16.2. The maximum absolute atomic E-state index is 12.5. The SMILES string of the molecule is CC(C(=O)N1CCC2(CCNCC2)CC1)C(C)(C)C. The Morgan fingerprint density at radius 1 is 1.11 bits per heavy atom. The van der Waals surface area contributed by atoms with Gasteiger partial charge in [0.1, 0.15) is 0 Å². The van der Waals surface area contributed by atoms with Crippen molar-refractivity contribution in [2.24, 2.45) is 16.7 Å². The van der Waals surface area contributed by atoms with E-state index in [0.29, 0.717) is 11.3 Å². The number of carbonyl (C=O) groups excluding carboxylic acids is 1. The van der Waals surface area contributed by atoms with Gasteiger partial charge in [-0.05, 0) is 49.6 Å². The molecule has 1 unspecified atom stereocenters. The molecule has 3 nitrogen and oxygen atoms in total. The summed E-state index contributed by atoms with van der Waals surface area (Å²) >= 11 is 0. The molecule has 1 spiro atoms. The Hall–Kier alpha value is -0.570. The van der Waals surface area contributed by atoms with Crippen LogP contribution >= 0.6 is 0 Å². The first-order chi connectivity index (χ1) is 8.84. The molecule has 110 valence electrons. The first-order valence-corrected chi connectivity index (χ1v) is 7.84. The Balaban J connectivity index is 1.91. The Kier molecular flexibility index (Phi) is 4.24. The van der Waals surface area contributed by atoms with Crippen molar-refractivity contribution in [1.82, 2.24) is 10.2 Å². The molecule has 0 aromatic heterocycles. The molecule has 0 aliphatic carbocycles. The average Bonchev–Trinajstić information content (AvgIpc) is 2.38. The Morgan fingerprint density at radius 2 is 1.63 bits per heavy atom. The normalized spacial score (nSPS) is 25.4. The molecular weight excluding hydrogens is 236 g/mol. The molecule has 0 aromatic rings. The zero-order chi connectivity index (χ0) is 14.1. The highest BCUT2D eigenvalue weighted by Crippen LogP contribution is 2.40. The number of nitrogens with one attached hydrogen (secondary N) is 1. The van der Waals surface area contributed by atoms with Gasteiger partial charge in [0.25, 0.3) is 0 Å². The lowest BCUT2D eigenvalue weighted by Crippen LogP contribution is -2.49. The number of rotatable bonds is 1. The van der Waals surface area contributed by atoms with E-state index in [1.54, 1.807) is 0 Å². The third-order valence-corrected chi connectivity index (χ3v) is 5.47. The van der Waals surface area contributed by atoms with Gasteiger partial charge in [0, 0.05) is 19.0 Å². The monoisotopic (exact) mass is 266 g/mol. The number of piperidine rings is 2. The second-order valence-electron chi connectivity index (χ2n) is 7.66. The van der Waals surface area contributed by atoms with Crippen LogP contribution in [0.5, 0.6) is 0 Å². The number of hydrogen-bond acceptors (Lipinski definition) is 2. The molecule has 2 heterocycles. The van der Waals surface area contributed by atoms with E-state index in [4.69, 9.17) is 0 Å². The van der Waals surface area contributed by atoms with Crippen LogP contribution in [0.4, 0.5) is 0 Å². The van der Waals surface area contributed by atoms with Crippen LogP contribution in [0.2, 0.25) is 0 Å². The molecule has 19 heavy (non-hydrogen) atoms. The van der Waals surface area contributed by atoms with Crippen LogP contribution in [-0.2, 0) is 4.79 Å². The standard InChI is InChI=1S/C16H30N2O/c1-13(15(2,3)4)14(19)18-11-7-16(8-12-18)5-9-17-10-6-16/h13,17H,5-12H2,1-4H3. The summed E-state index contributed by atoms with van der Waals surface area (Å²) < 4.78 is 0. The Bertz CT molecular complexity index is 316. The lowest BCUT2D eigenvalue weighted by molar-refractivity contribution is -0.141. The molecule has 2 aliphatic heterocycles. The van der Waals surface area contributed by atoms with Gasteiger partial charge in [-0.15, -0.1) is 0 Å². The van der Waals surface area contributed by atoms with E-state index in [1.807, 2.05) is 0 Å². The summed E-state index contributed by atoms with van der Waals surface area (Å²) in [5, 5.41) is 3.45. The topological polar surface area (TPSA) is 32.3 Å². The number of carbonyl (C=O) groups is 1. The second-order valence-corrected chi connectivity index (χ2v) is 7.66. The van der Waals surface area contributed by atoms with E-state index < -0.39 is 0 Å². The summed E-state index contributed by atoms with van der Waals surface area (Å²) in [6, 6.07) is 0. The zero-order valence-electron chi connectivity index (χ0n) is 13.1. The molecule has 2 saturated heterocycles. The van der Waals surface area contributed by atoms with Crippen molar-refractivity contribution in [3.8, 4) is 0 Å². The van der Waals surface area contributed by atoms with Gasteiger partial charge < -0.3 is 10.2 Å². The zero-order valence-corrected chi connectivity index (χ0v) is 13.1. The molecule has 1 amide bonds. The summed E-state index contributed by atoms with van der Waals surface area (Å²) in [5.41, 5.74) is 0.605. The number of amides is 1. The summed E-state index contributed by atoms with van der Waals surface area (Å²) in [6.45, 7) is 12.8. The summed E-state index contributed by atoms with van der Waals surface area (Å²) in [5.74, 6) is 0.478. The van der Waals surface area contributed by atoms with Gasteiger partial charge >= 0.3 is 0 Å². The van der Waals surface area contributed by atoms with Crippen molar-refractivity contribution < 1.29 is 4.79 Å². The second kappa shape index (κ2) is 5.43. The van der Waals surface area contributed by atoms with Gasteiger partial charge in [-0.1, -0.05) is 27.7 Å². The molecule has 2 fully saturated rings. The van der Waals surface area contributed by atoms with Crippen molar-refractivity contribution >= 4 is 5.91 Å². The van der Waals surface area contributed by atoms with E-state index in [2.05, 4.69) is 37.9 Å². The van der Waals surface area contributed by atoms with E-state index >= 15 is 0 Å². The first-order valence-electron chi connectivity index (χ1n) is 7.84. The average molecular weight is 266 g/mol. The van der Waals surface area contributed by atoms with Gasteiger partial charge in [0.2, 0.25) is 5.91 Å². The molecule has 0 saturated carbocycles. The minimum Gasteiger partial charge on any atom is -0.342 e. The lowest BCUT2D eigenvalue weighted by atomic mass is 9.71. The third kappa shape index (κ3) is 3.31. The van der Waals surface area contributed by atoms with Crippen molar-refractivity contribution in [1.29, 1.82) is 0 Å². The van der Waals surface area contributed by atoms with Crippen LogP contribution in [0.25, 0.3) is 0 Å². The Morgan fingerprint density at radius 3 is 2.11 bits per heavy atom. The van der Waals surface area contributed by atoms with Crippen LogP contribution in [0, 0.1) is 16.7 Å². The predicted molar refractivity (Wildman–Crippen MR) is 79.0 cm³/mol. The summed E-state index contributed by atoms with van der Waals surface area (Å²) in [7, 11) is 0.